The van der Waals surface area contributed by atoms with Crippen LogP contribution >= 0.6 is 0 Å². The lowest BCUT2D eigenvalue weighted by Gasteiger charge is -2.46. The van der Waals surface area contributed by atoms with Crippen molar-refractivity contribution < 1.29 is 19.4 Å². The Balaban J connectivity index is 1.84. The minimum Gasteiger partial charge on any atom is -0.497 e. The number of piperidine rings is 2. The summed E-state index contributed by atoms with van der Waals surface area (Å²) in [6.07, 6.45) is 1.17. The number of amides is 2. The van der Waals surface area contributed by atoms with E-state index in [-0.39, 0.29) is 18.4 Å². The highest BCUT2D eigenvalue weighted by Crippen LogP contribution is 2.37. The fraction of sp³-hybridized carbons (Fsp3) is 0.556. The summed E-state index contributed by atoms with van der Waals surface area (Å²) >= 11 is 0. The van der Waals surface area contributed by atoms with Crippen LogP contribution in [0.3, 0.4) is 0 Å². The average molecular weight is 332 g/mol. The molecule has 0 aromatic heterocycles. The molecular formula is C18H24N2O4. The Morgan fingerprint density at radius 1 is 1.46 bits per heavy atom. The topological polar surface area (TPSA) is 78.9 Å². The molecule has 2 saturated heterocycles. The number of aryl methyl sites for hydroxylation is 1. The van der Waals surface area contributed by atoms with E-state index in [1.54, 1.807) is 24.1 Å². The largest absolute Gasteiger partial charge is 0.497 e. The van der Waals surface area contributed by atoms with Gasteiger partial charge in [-0.05, 0) is 49.9 Å². The zero-order valence-electron chi connectivity index (χ0n) is 14.2. The summed E-state index contributed by atoms with van der Waals surface area (Å²) in [5, 5.41) is 13.3. The van der Waals surface area contributed by atoms with Gasteiger partial charge in [0.1, 0.15) is 5.75 Å². The van der Waals surface area contributed by atoms with Crippen LogP contribution in [0.5, 0.6) is 5.75 Å². The van der Waals surface area contributed by atoms with Gasteiger partial charge in [0, 0.05) is 25.2 Å². The molecule has 0 unspecified atom stereocenters. The van der Waals surface area contributed by atoms with Gasteiger partial charge in [-0.15, -0.1) is 0 Å². The van der Waals surface area contributed by atoms with E-state index in [2.05, 4.69) is 5.32 Å². The highest BCUT2D eigenvalue weighted by Gasteiger charge is 2.50. The van der Waals surface area contributed by atoms with Crippen molar-refractivity contribution in [2.45, 2.75) is 32.3 Å². The number of nitrogens with zero attached hydrogens (tertiary/aromatic N) is 1. The summed E-state index contributed by atoms with van der Waals surface area (Å²) in [4.78, 5) is 27.0. The molecule has 0 bridgehead atoms. The Hall–Kier alpha value is -2.08. The molecule has 2 fully saturated rings. The number of methoxy groups -OCH3 is 1. The number of carbonyl (C=O) groups is 2. The molecule has 6 nitrogen and oxygen atoms in total. The van der Waals surface area contributed by atoms with Gasteiger partial charge in [-0.25, -0.2) is 0 Å². The van der Waals surface area contributed by atoms with Crippen LogP contribution in [0.1, 0.15) is 35.2 Å². The molecule has 24 heavy (non-hydrogen) atoms. The maximum absolute atomic E-state index is 12.9. The highest BCUT2D eigenvalue weighted by molar-refractivity contribution is 5.96. The van der Waals surface area contributed by atoms with Crippen molar-refractivity contribution in [3.63, 3.8) is 0 Å². The van der Waals surface area contributed by atoms with Crippen LogP contribution in [0, 0.1) is 12.3 Å². The van der Waals surface area contributed by atoms with E-state index in [0.717, 1.165) is 12.0 Å². The second kappa shape index (κ2) is 6.43. The molecule has 2 aliphatic rings. The first kappa shape index (κ1) is 16.8. The number of hydrogen-bond donors (Lipinski definition) is 2. The van der Waals surface area contributed by atoms with Crippen LogP contribution in [0.25, 0.3) is 0 Å². The number of likely N-dealkylation sites (tertiary alicyclic amines) is 1. The molecule has 1 aromatic rings. The summed E-state index contributed by atoms with van der Waals surface area (Å²) in [6.45, 7) is 3.24. The number of aliphatic hydroxyl groups excluding tert-OH is 1. The van der Waals surface area contributed by atoms with Gasteiger partial charge in [0.15, 0.2) is 0 Å². The maximum atomic E-state index is 12.9. The number of hydrogen-bond acceptors (Lipinski definition) is 4. The van der Waals surface area contributed by atoms with Crippen LogP contribution in [0.15, 0.2) is 18.2 Å². The minimum absolute atomic E-state index is 0.0974. The van der Waals surface area contributed by atoms with Crippen molar-refractivity contribution in [1.82, 2.24) is 10.2 Å². The van der Waals surface area contributed by atoms with E-state index in [4.69, 9.17) is 4.74 Å². The number of carbonyl (C=O) groups excluding carboxylic acids is 2. The maximum Gasteiger partial charge on any atom is 0.254 e. The van der Waals surface area contributed by atoms with Crippen LogP contribution in [0.4, 0.5) is 0 Å². The second-order valence-corrected chi connectivity index (χ2v) is 6.73. The third-order valence-corrected chi connectivity index (χ3v) is 5.27. The van der Waals surface area contributed by atoms with Crippen LogP contribution in [-0.2, 0) is 4.79 Å². The monoisotopic (exact) mass is 332 g/mol. The lowest BCUT2D eigenvalue weighted by Crippen LogP contribution is -2.62. The summed E-state index contributed by atoms with van der Waals surface area (Å²) in [5.41, 5.74) is 0.582. The Bertz CT molecular complexity index is 660. The molecule has 2 amide bonds. The first-order valence-electron chi connectivity index (χ1n) is 8.38. The molecule has 0 radical (unpaired) electrons. The molecule has 2 aliphatic heterocycles. The first-order valence-corrected chi connectivity index (χ1v) is 8.38. The summed E-state index contributed by atoms with van der Waals surface area (Å²) in [5.74, 6) is 0.478. The molecule has 1 aromatic carbocycles. The van der Waals surface area contributed by atoms with E-state index >= 15 is 0 Å². The van der Waals surface area contributed by atoms with Gasteiger partial charge in [0.05, 0.1) is 18.6 Å². The van der Waals surface area contributed by atoms with Crippen molar-refractivity contribution in [3.8, 4) is 5.75 Å². The molecule has 2 atom stereocenters. The number of benzene rings is 1. The molecule has 6 heteroatoms. The van der Waals surface area contributed by atoms with E-state index in [9.17, 15) is 14.7 Å². The number of nitrogens with one attached hydrogen (secondary N) is 1. The summed E-state index contributed by atoms with van der Waals surface area (Å²) in [7, 11) is 1.59. The molecule has 2 N–H and O–H groups in total. The van der Waals surface area contributed by atoms with Crippen LogP contribution in [0.2, 0.25) is 0 Å². The van der Waals surface area contributed by atoms with Crippen molar-refractivity contribution in [2.24, 2.45) is 5.41 Å². The SMILES string of the molecule is COc1ccc(C(=O)N2CC[C@@H](O)[C@@]3(CCCNC3=O)C2)c(C)c1. The first-order chi connectivity index (χ1) is 11.5. The Labute approximate surface area is 141 Å². The normalized spacial score (nSPS) is 27.0. The van der Waals surface area contributed by atoms with E-state index in [0.29, 0.717) is 37.2 Å². The summed E-state index contributed by atoms with van der Waals surface area (Å²) < 4.78 is 5.18. The van der Waals surface area contributed by atoms with Crippen molar-refractivity contribution >= 4 is 11.8 Å². The van der Waals surface area contributed by atoms with Gasteiger partial charge in [0.25, 0.3) is 5.91 Å². The van der Waals surface area contributed by atoms with E-state index in [1.165, 1.54) is 0 Å². The van der Waals surface area contributed by atoms with Crippen LogP contribution in [-0.4, -0.2) is 54.7 Å². The Morgan fingerprint density at radius 2 is 2.25 bits per heavy atom. The highest BCUT2D eigenvalue weighted by atomic mass is 16.5. The molecule has 0 saturated carbocycles. The zero-order chi connectivity index (χ0) is 17.3. The Morgan fingerprint density at radius 3 is 2.92 bits per heavy atom. The standard InChI is InChI=1S/C18H24N2O4/c1-12-10-13(24-2)4-5-14(12)16(22)20-9-6-15(21)18(11-20)7-3-8-19-17(18)23/h4-5,10,15,21H,3,6-9,11H2,1-2H3,(H,19,23)/t15-,18-/m1/s1. The van der Waals surface area contributed by atoms with Gasteiger partial charge >= 0.3 is 0 Å². The van der Waals surface area contributed by atoms with Crippen molar-refractivity contribution in [2.75, 3.05) is 26.7 Å². The third kappa shape index (κ3) is 2.75. The van der Waals surface area contributed by atoms with Crippen molar-refractivity contribution in [1.29, 1.82) is 0 Å². The van der Waals surface area contributed by atoms with Gasteiger partial charge < -0.3 is 20.1 Å². The number of ether oxygens (including phenoxy) is 1. The molecule has 2 heterocycles. The molecule has 0 aliphatic carbocycles. The fourth-order valence-corrected chi connectivity index (χ4v) is 3.79. The zero-order valence-corrected chi connectivity index (χ0v) is 14.2. The van der Waals surface area contributed by atoms with E-state index < -0.39 is 11.5 Å². The molecule has 3 rings (SSSR count). The van der Waals surface area contributed by atoms with Gasteiger partial charge in [-0.3, -0.25) is 9.59 Å². The molecular weight excluding hydrogens is 308 g/mol. The average Bonchev–Trinajstić information content (AvgIpc) is 2.59. The third-order valence-electron chi connectivity index (χ3n) is 5.27. The smallest absolute Gasteiger partial charge is 0.254 e. The minimum atomic E-state index is -0.869. The van der Waals surface area contributed by atoms with Crippen molar-refractivity contribution in [3.05, 3.63) is 29.3 Å². The molecule has 130 valence electrons. The Kier molecular flexibility index (Phi) is 4.49. The fourth-order valence-electron chi connectivity index (χ4n) is 3.79. The predicted octanol–water partition coefficient (Wildman–Crippen LogP) is 1.11. The molecule has 1 spiro atoms. The van der Waals surface area contributed by atoms with Gasteiger partial charge in [0.2, 0.25) is 5.91 Å². The van der Waals surface area contributed by atoms with Gasteiger partial charge in [-0.2, -0.15) is 0 Å². The van der Waals surface area contributed by atoms with Crippen LogP contribution < -0.4 is 10.1 Å². The number of aliphatic hydroxyl groups is 1. The lowest BCUT2D eigenvalue weighted by atomic mass is 9.71. The van der Waals surface area contributed by atoms with E-state index in [1.807, 2.05) is 13.0 Å². The summed E-state index contributed by atoms with van der Waals surface area (Å²) in [6, 6.07) is 5.35. The number of rotatable bonds is 2. The lowest BCUT2D eigenvalue weighted by molar-refractivity contribution is -0.147. The predicted molar refractivity (Wildman–Crippen MR) is 88.9 cm³/mol. The quantitative estimate of drug-likeness (QED) is 0.850. The van der Waals surface area contributed by atoms with Gasteiger partial charge in [-0.1, -0.05) is 0 Å². The second-order valence-electron chi connectivity index (χ2n) is 6.73.